The standard InChI is InChI=1S/C19H15FN2O/c1-13-7-9-16(20)17(12-13)22-18(23)10-8-15-5-2-4-14-6-3-11-21-19(14)15/h2-12H,1H3,(H,22,23)/b10-8+. The highest BCUT2D eigenvalue weighted by atomic mass is 19.1. The number of benzene rings is 2. The van der Waals surface area contributed by atoms with Crippen molar-refractivity contribution < 1.29 is 9.18 Å². The van der Waals surface area contributed by atoms with Gasteiger partial charge in [0.1, 0.15) is 5.82 Å². The van der Waals surface area contributed by atoms with Crippen molar-refractivity contribution in [2.24, 2.45) is 0 Å². The van der Waals surface area contributed by atoms with Crippen LogP contribution in [0.3, 0.4) is 0 Å². The van der Waals surface area contributed by atoms with Gasteiger partial charge in [0.25, 0.3) is 0 Å². The number of aromatic nitrogens is 1. The van der Waals surface area contributed by atoms with Crippen molar-refractivity contribution in [2.75, 3.05) is 5.32 Å². The Labute approximate surface area is 133 Å². The van der Waals surface area contributed by atoms with Crippen LogP contribution in [-0.2, 0) is 4.79 Å². The maximum Gasteiger partial charge on any atom is 0.248 e. The van der Waals surface area contributed by atoms with E-state index in [4.69, 9.17) is 0 Å². The van der Waals surface area contributed by atoms with Crippen LogP contribution in [0.4, 0.5) is 10.1 Å². The Hall–Kier alpha value is -3.01. The molecule has 0 atom stereocenters. The van der Waals surface area contributed by atoms with Crippen LogP contribution in [0.25, 0.3) is 17.0 Å². The molecule has 114 valence electrons. The molecule has 1 amide bonds. The highest BCUT2D eigenvalue weighted by molar-refractivity contribution is 6.03. The largest absolute Gasteiger partial charge is 0.320 e. The first kappa shape index (κ1) is 14.9. The van der Waals surface area contributed by atoms with Crippen molar-refractivity contribution in [1.29, 1.82) is 0 Å². The molecule has 3 rings (SSSR count). The van der Waals surface area contributed by atoms with Crippen LogP contribution in [0, 0.1) is 12.7 Å². The number of hydrogen-bond acceptors (Lipinski definition) is 2. The minimum Gasteiger partial charge on any atom is -0.320 e. The molecule has 1 N–H and O–H groups in total. The van der Waals surface area contributed by atoms with Crippen LogP contribution in [0.1, 0.15) is 11.1 Å². The summed E-state index contributed by atoms with van der Waals surface area (Å²) in [6.07, 6.45) is 4.77. The predicted molar refractivity (Wildman–Crippen MR) is 90.5 cm³/mol. The van der Waals surface area contributed by atoms with Crippen molar-refractivity contribution in [1.82, 2.24) is 4.98 Å². The topological polar surface area (TPSA) is 42.0 Å². The van der Waals surface area contributed by atoms with Gasteiger partial charge in [0.2, 0.25) is 5.91 Å². The zero-order valence-corrected chi connectivity index (χ0v) is 12.6. The van der Waals surface area contributed by atoms with E-state index in [0.29, 0.717) is 0 Å². The average Bonchev–Trinajstić information content (AvgIpc) is 2.56. The Bertz CT molecular complexity index is 898. The number of pyridine rings is 1. The summed E-state index contributed by atoms with van der Waals surface area (Å²) in [7, 11) is 0. The molecule has 4 heteroatoms. The summed E-state index contributed by atoms with van der Waals surface area (Å²) in [5, 5.41) is 3.55. The van der Waals surface area contributed by atoms with E-state index in [0.717, 1.165) is 22.0 Å². The van der Waals surface area contributed by atoms with Gasteiger partial charge in [-0.1, -0.05) is 30.3 Å². The predicted octanol–water partition coefficient (Wildman–Crippen LogP) is 4.33. The van der Waals surface area contributed by atoms with Gasteiger partial charge in [-0.2, -0.15) is 0 Å². The number of nitrogens with zero attached hydrogens (tertiary/aromatic N) is 1. The zero-order chi connectivity index (χ0) is 16.2. The number of fused-ring (bicyclic) bond motifs is 1. The molecule has 0 spiro atoms. The van der Waals surface area contributed by atoms with Gasteiger partial charge in [-0.25, -0.2) is 4.39 Å². The molecule has 23 heavy (non-hydrogen) atoms. The first-order valence-electron chi connectivity index (χ1n) is 7.22. The molecule has 3 nitrogen and oxygen atoms in total. The first-order chi connectivity index (χ1) is 11.1. The van der Waals surface area contributed by atoms with Crippen molar-refractivity contribution in [2.45, 2.75) is 6.92 Å². The maximum atomic E-state index is 13.7. The Morgan fingerprint density at radius 3 is 2.87 bits per heavy atom. The van der Waals surface area contributed by atoms with Gasteiger partial charge < -0.3 is 5.32 Å². The number of hydrogen-bond donors (Lipinski definition) is 1. The summed E-state index contributed by atoms with van der Waals surface area (Å²) < 4.78 is 13.7. The fourth-order valence-corrected chi connectivity index (χ4v) is 2.34. The van der Waals surface area contributed by atoms with Gasteiger partial charge >= 0.3 is 0 Å². The summed E-state index contributed by atoms with van der Waals surface area (Å²) in [5.41, 5.74) is 2.71. The molecule has 0 unspecified atom stereocenters. The second-order valence-corrected chi connectivity index (χ2v) is 5.23. The number of carbonyl (C=O) groups excluding carboxylic acids is 1. The molecule has 1 heterocycles. The molecule has 0 aliphatic rings. The van der Waals surface area contributed by atoms with E-state index in [2.05, 4.69) is 10.3 Å². The summed E-state index contributed by atoms with van der Waals surface area (Å²) in [4.78, 5) is 16.3. The van der Waals surface area contributed by atoms with E-state index >= 15 is 0 Å². The highest BCUT2D eigenvalue weighted by Gasteiger charge is 2.05. The van der Waals surface area contributed by atoms with Gasteiger partial charge in [0.05, 0.1) is 11.2 Å². The van der Waals surface area contributed by atoms with E-state index < -0.39 is 5.82 Å². The van der Waals surface area contributed by atoms with Crippen LogP contribution in [-0.4, -0.2) is 10.9 Å². The number of anilines is 1. The lowest BCUT2D eigenvalue weighted by atomic mass is 10.1. The SMILES string of the molecule is Cc1ccc(F)c(NC(=O)/C=C/c2cccc3cccnc23)c1. The lowest BCUT2D eigenvalue weighted by Crippen LogP contribution is -2.09. The lowest BCUT2D eigenvalue weighted by molar-refractivity contribution is -0.111. The Kier molecular flexibility index (Phi) is 4.15. The fourth-order valence-electron chi connectivity index (χ4n) is 2.34. The summed E-state index contributed by atoms with van der Waals surface area (Å²) >= 11 is 0. The number of para-hydroxylation sites is 1. The smallest absolute Gasteiger partial charge is 0.248 e. The normalized spacial score (nSPS) is 11.0. The summed E-state index contributed by atoms with van der Waals surface area (Å²) in [6, 6.07) is 14.2. The van der Waals surface area contributed by atoms with Crippen LogP contribution < -0.4 is 5.32 Å². The van der Waals surface area contributed by atoms with Crippen LogP contribution in [0.5, 0.6) is 0 Å². The third-order valence-electron chi connectivity index (χ3n) is 3.46. The highest BCUT2D eigenvalue weighted by Crippen LogP contribution is 2.18. The summed E-state index contributed by atoms with van der Waals surface area (Å²) in [6.45, 7) is 1.84. The minimum absolute atomic E-state index is 0.177. The maximum absolute atomic E-state index is 13.7. The van der Waals surface area contributed by atoms with Gasteiger partial charge in [-0.15, -0.1) is 0 Å². The molecule has 0 fully saturated rings. The monoisotopic (exact) mass is 306 g/mol. The van der Waals surface area contributed by atoms with E-state index in [1.807, 2.05) is 37.3 Å². The molecule has 0 saturated heterocycles. The van der Waals surface area contributed by atoms with Crippen LogP contribution >= 0.6 is 0 Å². The van der Waals surface area contributed by atoms with Gasteiger partial charge in [0.15, 0.2) is 0 Å². The average molecular weight is 306 g/mol. The molecular weight excluding hydrogens is 291 g/mol. The third-order valence-corrected chi connectivity index (χ3v) is 3.46. The lowest BCUT2D eigenvalue weighted by Gasteiger charge is -2.05. The van der Waals surface area contributed by atoms with Gasteiger partial charge in [0, 0.05) is 23.2 Å². The van der Waals surface area contributed by atoms with E-state index in [1.54, 1.807) is 24.4 Å². The number of nitrogens with one attached hydrogen (secondary N) is 1. The molecule has 2 aromatic carbocycles. The number of rotatable bonds is 3. The van der Waals surface area contributed by atoms with Crippen molar-refractivity contribution >= 4 is 28.6 Å². The molecule has 1 aromatic heterocycles. The molecule has 0 aliphatic heterocycles. The van der Waals surface area contributed by atoms with E-state index in [-0.39, 0.29) is 11.6 Å². The van der Waals surface area contributed by atoms with Crippen molar-refractivity contribution in [3.63, 3.8) is 0 Å². The fraction of sp³-hybridized carbons (Fsp3) is 0.0526. The van der Waals surface area contributed by atoms with Crippen LogP contribution in [0.2, 0.25) is 0 Å². The Balaban J connectivity index is 1.82. The van der Waals surface area contributed by atoms with E-state index in [9.17, 15) is 9.18 Å². The first-order valence-corrected chi connectivity index (χ1v) is 7.22. The number of halogens is 1. The molecule has 0 bridgehead atoms. The zero-order valence-electron chi connectivity index (χ0n) is 12.6. The van der Waals surface area contributed by atoms with Gasteiger partial charge in [-0.3, -0.25) is 9.78 Å². The second-order valence-electron chi connectivity index (χ2n) is 5.23. The quantitative estimate of drug-likeness (QED) is 0.732. The third kappa shape index (κ3) is 3.43. The second kappa shape index (κ2) is 6.40. The van der Waals surface area contributed by atoms with E-state index in [1.165, 1.54) is 12.1 Å². The Morgan fingerprint density at radius 1 is 1.17 bits per heavy atom. The van der Waals surface area contributed by atoms with Crippen LogP contribution in [0.15, 0.2) is 60.8 Å². The van der Waals surface area contributed by atoms with Crippen molar-refractivity contribution in [3.8, 4) is 0 Å². The van der Waals surface area contributed by atoms with Crippen molar-refractivity contribution in [3.05, 3.63) is 77.7 Å². The number of carbonyl (C=O) groups is 1. The molecule has 0 saturated carbocycles. The molecule has 0 aliphatic carbocycles. The minimum atomic E-state index is -0.454. The molecule has 3 aromatic rings. The van der Waals surface area contributed by atoms with Gasteiger partial charge in [-0.05, 0) is 36.8 Å². The summed E-state index contributed by atoms with van der Waals surface area (Å²) in [5.74, 6) is -0.841. The molecular formula is C19H15FN2O. The number of amides is 1. The molecule has 0 radical (unpaired) electrons. The number of aryl methyl sites for hydroxylation is 1. The Morgan fingerprint density at radius 2 is 2.00 bits per heavy atom.